The zero-order valence-corrected chi connectivity index (χ0v) is 13.7. The first-order valence-corrected chi connectivity index (χ1v) is 7.60. The Morgan fingerprint density at radius 3 is 2.45 bits per heavy atom. The molecule has 3 N–H and O–H groups in total. The molecule has 1 heterocycles. The lowest BCUT2D eigenvalue weighted by molar-refractivity contribution is 0.401. The molecule has 0 amide bonds. The summed E-state index contributed by atoms with van der Waals surface area (Å²) in [5, 5.41) is 2.80. The predicted octanol–water partition coefficient (Wildman–Crippen LogP) is 3.89. The number of hydrazine groups is 1. The van der Waals surface area contributed by atoms with Crippen molar-refractivity contribution in [1.82, 2.24) is 5.43 Å². The fourth-order valence-electron chi connectivity index (χ4n) is 2.26. The molecular formula is C15H19ClN2OS. The van der Waals surface area contributed by atoms with E-state index in [1.54, 1.807) is 18.4 Å². The molecule has 2 rings (SSSR count). The van der Waals surface area contributed by atoms with Gasteiger partial charge in [0.05, 0.1) is 18.2 Å². The highest BCUT2D eigenvalue weighted by molar-refractivity contribution is 7.10. The van der Waals surface area contributed by atoms with Crippen molar-refractivity contribution in [3.05, 3.63) is 49.7 Å². The molecule has 2 aromatic rings. The van der Waals surface area contributed by atoms with Crippen LogP contribution in [0.3, 0.4) is 0 Å². The summed E-state index contributed by atoms with van der Waals surface area (Å²) in [5.41, 5.74) is 7.23. The second-order valence-electron chi connectivity index (χ2n) is 4.83. The van der Waals surface area contributed by atoms with Crippen LogP contribution in [0.4, 0.5) is 0 Å². The van der Waals surface area contributed by atoms with E-state index < -0.39 is 0 Å². The second-order valence-corrected chi connectivity index (χ2v) is 6.12. The van der Waals surface area contributed by atoms with E-state index in [1.807, 2.05) is 25.3 Å². The van der Waals surface area contributed by atoms with Gasteiger partial charge in [-0.1, -0.05) is 23.7 Å². The van der Waals surface area contributed by atoms with E-state index in [2.05, 4.69) is 18.4 Å². The Morgan fingerprint density at radius 2 is 1.95 bits per heavy atom. The van der Waals surface area contributed by atoms with Crippen molar-refractivity contribution < 1.29 is 4.74 Å². The lowest BCUT2D eigenvalue weighted by Crippen LogP contribution is -2.29. The first kappa shape index (κ1) is 15.3. The maximum absolute atomic E-state index is 6.37. The third kappa shape index (κ3) is 2.56. The molecule has 1 aromatic carbocycles. The number of thiophene rings is 1. The van der Waals surface area contributed by atoms with Crippen molar-refractivity contribution in [3.8, 4) is 5.75 Å². The van der Waals surface area contributed by atoms with Crippen LogP contribution < -0.4 is 16.0 Å². The Balaban J connectivity index is 2.58. The average Bonchev–Trinajstić information content (AvgIpc) is 2.76. The molecule has 0 fully saturated rings. The van der Waals surface area contributed by atoms with Gasteiger partial charge in [-0.2, -0.15) is 0 Å². The summed E-state index contributed by atoms with van der Waals surface area (Å²) in [6, 6.07) is 3.94. The van der Waals surface area contributed by atoms with Gasteiger partial charge in [0.1, 0.15) is 5.75 Å². The van der Waals surface area contributed by atoms with Crippen LogP contribution in [0.2, 0.25) is 5.02 Å². The van der Waals surface area contributed by atoms with Crippen LogP contribution in [-0.2, 0) is 0 Å². The highest BCUT2D eigenvalue weighted by Gasteiger charge is 2.23. The first-order chi connectivity index (χ1) is 9.51. The zero-order valence-electron chi connectivity index (χ0n) is 12.1. The quantitative estimate of drug-likeness (QED) is 0.665. The van der Waals surface area contributed by atoms with Gasteiger partial charge in [0.15, 0.2) is 0 Å². The van der Waals surface area contributed by atoms with Crippen molar-refractivity contribution in [2.75, 3.05) is 7.11 Å². The van der Waals surface area contributed by atoms with Gasteiger partial charge in [-0.15, -0.1) is 11.3 Å². The number of methoxy groups -OCH3 is 1. The summed E-state index contributed by atoms with van der Waals surface area (Å²) in [6.45, 7) is 6.11. The largest absolute Gasteiger partial charge is 0.496 e. The van der Waals surface area contributed by atoms with Gasteiger partial charge in [-0.3, -0.25) is 5.84 Å². The van der Waals surface area contributed by atoms with Gasteiger partial charge in [0, 0.05) is 10.4 Å². The first-order valence-electron chi connectivity index (χ1n) is 6.35. The molecule has 1 unspecified atom stereocenters. The van der Waals surface area contributed by atoms with Crippen LogP contribution in [0.1, 0.15) is 33.2 Å². The highest BCUT2D eigenvalue weighted by atomic mass is 35.5. The van der Waals surface area contributed by atoms with E-state index in [-0.39, 0.29) is 6.04 Å². The molecule has 0 spiro atoms. The number of ether oxygens (including phenoxy) is 1. The molecule has 5 heteroatoms. The molecule has 0 saturated carbocycles. The fraction of sp³-hybridized carbons (Fsp3) is 0.333. The molecule has 1 atom stereocenters. The monoisotopic (exact) mass is 310 g/mol. The van der Waals surface area contributed by atoms with Gasteiger partial charge < -0.3 is 4.74 Å². The van der Waals surface area contributed by atoms with Crippen LogP contribution >= 0.6 is 22.9 Å². The highest BCUT2D eigenvalue weighted by Crippen LogP contribution is 2.39. The number of benzene rings is 1. The number of halogens is 1. The Bertz CT molecular complexity index is 625. The number of hydrogen-bond donors (Lipinski definition) is 2. The average molecular weight is 311 g/mol. The molecule has 1 aromatic heterocycles. The Hall–Kier alpha value is -1.07. The zero-order chi connectivity index (χ0) is 14.9. The SMILES string of the molecule is COc1c(C(NN)c2scc(C)c2Cl)ccc(C)c1C. The van der Waals surface area contributed by atoms with Crippen LogP contribution in [0.15, 0.2) is 17.5 Å². The lowest BCUT2D eigenvalue weighted by Gasteiger charge is -2.21. The van der Waals surface area contributed by atoms with Gasteiger partial charge in [0.25, 0.3) is 0 Å². The summed E-state index contributed by atoms with van der Waals surface area (Å²) < 4.78 is 5.57. The van der Waals surface area contributed by atoms with Crippen molar-refractivity contribution in [3.63, 3.8) is 0 Å². The van der Waals surface area contributed by atoms with Crippen LogP contribution in [-0.4, -0.2) is 7.11 Å². The lowest BCUT2D eigenvalue weighted by atomic mass is 9.98. The molecule has 20 heavy (non-hydrogen) atoms. The van der Waals surface area contributed by atoms with E-state index in [4.69, 9.17) is 22.2 Å². The molecule has 0 bridgehead atoms. The Kier molecular flexibility index (Phi) is 4.70. The van der Waals surface area contributed by atoms with E-state index >= 15 is 0 Å². The van der Waals surface area contributed by atoms with Crippen molar-refractivity contribution >= 4 is 22.9 Å². The summed E-state index contributed by atoms with van der Waals surface area (Å²) in [4.78, 5) is 1.01. The molecular weight excluding hydrogens is 292 g/mol. The third-order valence-electron chi connectivity index (χ3n) is 3.58. The van der Waals surface area contributed by atoms with Gasteiger partial charge in [-0.25, -0.2) is 5.43 Å². The minimum Gasteiger partial charge on any atom is -0.496 e. The maximum Gasteiger partial charge on any atom is 0.127 e. The maximum atomic E-state index is 6.37. The normalized spacial score (nSPS) is 12.5. The van der Waals surface area contributed by atoms with E-state index in [1.165, 1.54) is 5.56 Å². The molecule has 108 valence electrons. The molecule has 3 nitrogen and oxygen atoms in total. The number of rotatable bonds is 4. The molecule has 0 aliphatic carbocycles. The smallest absolute Gasteiger partial charge is 0.127 e. The van der Waals surface area contributed by atoms with Crippen LogP contribution in [0.25, 0.3) is 0 Å². The van der Waals surface area contributed by atoms with Gasteiger partial charge in [0.2, 0.25) is 0 Å². The summed E-state index contributed by atoms with van der Waals surface area (Å²) >= 11 is 7.98. The molecule has 0 radical (unpaired) electrons. The van der Waals surface area contributed by atoms with Gasteiger partial charge in [-0.05, 0) is 42.8 Å². The topological polar surface area (TPSA) is 47.3 Å². The standard InChI is InChI=1S/C15H19ClN2OS/c1-8-5-6-11(14(19-4)10(8)3)13(18-17)15-12(16)9(2)7-20-15/h5-7,13,18H,17H2,1-4H3. The predicted molar refractivity (Wildman–Crippen MR) is 85.7 cm³/mol. The minimum atomic E-state index is -0.171. The molecule has 0 aliphatic heterocycles. The van der Waals surface area contributed by atoms with E-state index in [0.29, 0.717) is 0 Å². The molecule has 0 saturated heterocycles. The Morgan fingerprint density at radius 1 is 1.25 bits per heavy atom. The van der Waals surface area contributed by atoms with Crippen molar-refractivity contribution in [2.45, 2.75) is 26.8 Å². The number of nitrogens with one attached hydrogen (secondary N) is 1. The van der Waals surface area contributed by atoms with Crippen molar-refractivity contribution in [2.24, 2.45) is 5.84 Å². The van der Waals surface area contributed by atoms with Gasteiger partial charge >= 0.3 is 0 Å². The second kappa shape index (κ2) is 6.14. The van der Waals surface area contributed by atoms with Crippen LogP contribution in [0, 0.1) is 20.8 Å². The van der Waals surface area contributed by atoms with E-state index in [0.717, 1.165) is 32.3 Å². The third-order valence-corrected chi connectivity index (χ3v) is 5.36. The van der Waals surface area contributed by atoms with Crippen LogP contribution in [0.5, 0.6) is 5.75 Å². The van der Waals surface area contributed by atoms with Crippen molar-refractivity contribution in [1.29, 1.82) is 0 Å². The Labute approximate surface area is 128 Å². The van der Waals surface area contributed by atoms with E-state index in [9.17, 15) is 0 Å². The molecule has 0 aliphatic rings. The summed E-state index contributed by atoms with van der Waals surface area (Å²) in [6.07, 6.45) is 0. The number of hydrogen-bond acceptors (Lipinski definition) is 4. The number of aryl methyl sites for hydroxylation is 2. The number of nitrogens with two attached hydrogens (primary N) is 1. The summed E-state index contributed by atoms with van der Waals surface area (Å²) in [7, 11) is 1.68. The minimum absolute atomic E-state index is 0.171. The fourth-order valence-corrected chi connectivity index (χ4v) is 3.64. The summed E-state index contributed by atoms with van der Waals surface area (Å²) in [5.74, 6) is 6.63.